The van der Waals surface area contributed by atoms with Crippen molar-refractivity contribution in [1.82, 2.24) is 15.0 Å². The minimum atomic E-state index is -4.75. The van der Waals surface area contributed by atoms with E-state index in [2.05, 4.69) is 15.6 Å². The molecule has 0 aliphatic rings. The highest BCUT2D eigenvalue weighted by atomic mass is 32.2. The van der Waals surface area contributed by atoms with Gasteiger partial charge in [0.1, 0.15) is 4.90 Å². The van der Waals surface area contributed by atoms with Crippen LogP contribution < -0.4 is 16.2 Å². The number of hydrogen-bond donors (Lipinski definition) is 3. The molecule has 1 aromatic heterocycles. The van der Waals surface area contributed by atoms with Gasteiger partial charge in [-0.15, -0.1) is 5.10 Å². The number of primary sulfonamides is 1. The lowest BCUT2D eigenvalue weighted by Gasteiger charge is -2.11. The largest absolute Gasteiger partial charge is 0.436 e. The second-order valence-corrected chi connectivity index (χ2v) is 8.05. The van der Waals surface area contributed by atoms with Crippen LogP contribution in [0.5, 0.6) is 0 Å². The van der Waals surface area contributed by atoms with Gasteiger partial charge in [-0.2, -0.15) is 13.2 Å². The van der Waals surface area contributed by atoms with Crippen LogP contribution in [0.25, 0.3) is 5.69 Å². The van der Waals surface area contributed by atoms with Crippen molar-refractivity contribution < 1.29 is 26.4 Å². The van der Waals surface area contributed by atoms with Gasteiger partial charge >= 0.3 is 6.18 Å². The Morgan fingerprint density at radius 3 is 2.29 bits per heavy atom. The van der Waals surface area contributed by atoms with Crippen LogP contribution in [0.15, 0.2) is 53.6 Å². The Balaban J connectivity index is 1.86. The molecule has 9 nitrogen and oxygen atoms in total. The zero-order chi connectivity index (χ0) is 22.8. The zero-order valence-electron chi connectivity index (χ0n) is 15.8. The van der Waals surface area contributed by atoms with Gasteiger partial charge in [0.25, 0.3) is 0 Å². The first-order valence-corrected chi connectivity index (χ1v) is 10.3. The number of carbonyl (C=O) groups excluding carboxylic acids is 1. The number of benzene rings is 2. The van der Waals surface area contributed by atoms with Gasteiger partial charge in [-0.05, 0) is 29.3 Å². The molecule has 0 atom stereocenters. The van der Waals surface area contributed by atoms with Crippen LogP contribution in [0.2, 0.25) is 0 Å². The van der Waals surface area contributed by atoms with E-state index in [-0.39, 0.29) is 17.8 Å². The molecule has 3 rings (SSSR count). The van der Waals surface area contributed by atoms with Gasteiger partial charge in [-0.3, -0.25) is 4.79 Å². The maximum Gasteiger partial charge on any atom is 0.436 e. The Labute approximate surface area is 174 Å². The predicted molar refractivity (Wildman–Crippen MR) is 104 cm³/mol. The van der Waals surface area contributed by atoms with E-state index in [1.807, 2.05) is 0 Å². The fourth-order valence-electron chi connectivity index (χ4n) is 2.70. The first kappa shape index (κ1) is 22.4. The summed E-state index contributed by atoms with van der Waals surface area (Å²) in [7, 11) is -4.37. The van der Waals surface area contributed by atoms with Crippen LogP contribution in [-0.4, -0.2) is 29.3 Å². The quantitative estimate of drug-likeness (QED) is 0.515. The minimum absolute atomic E-state index is 0.00926. The van der Waals surface area contributed by atoms with Crippen LogP contribution in [-0.2, 0) is 34.0 Å². The van der Waals surface area contributed by atoms with E-state index >= 15 is 0 Å². The first-order valence-electron chi connectivity index (χ1n) is 8.72. The van der Waals surface area contributed by atoms with Crippen LogP contribution >= 0.6 is 0 Å². The summed E-state index contributed by atoms with van der Waals surface area (Å²) in [5.41, 5.74) is 5.68. The van der Waals surface area contributed by atoms with Crippen molar-refractivity contribution in [2.24, 2.45) is 10.9 Å². The summed E-state index contributed by atoms with van der Waals surface area (Å²) in [6.07, 6.45) is -4.21. The number of aromatic nitrogens is 3. The van der Waals surface area contributed by atoms with E-state index in [0.717, 1.165) is 11.6 Å². The highest BCUT2D eigenvalue weighted by molar-refractivity contribution is 7.89. The number of alkyl halides is 3. The number of rotatable bonds is 6. The molecule has 0 spiro atoms. The van der Waals surface area contributed by atoms with Gasteiger partial charge in [-0.25, -0.2) is 18.2 Å². The van der Waals surface area contributed by atoms with Gasteiger partial charge in [0.15, 0.2) is 5.69 Å². The van der Waals surface area contributed by atoms with E-state index in [1.165, 1.54) is 12.1 Å². The molecule has 2 aromatic carbocycles. The van der Waals surface area contributed by atoms with Crippen molar-refractivity contribution in [2.45, 2.75) is 24.0 Å². The monoisotopic (exact) mass is 454 g/mol. The molecule has 0 saturated heterocycles. The standard InChI is InChI=1S/C18H17F3N6O3S/c19-18(20,21)16-10-27(26-25-16)14-6-5-13(8-15(14)31(23,29)30)24-17(28)7-11-1-3-12(9-22)4-2-11/h1-6,8,10H,7,9,22H2,(H,24,28)(H2,23,29,30). The molecule has 0 aliphatic carbocycles. The molecular weight excluding hydrogens is 437 g/mol. The van der Waals surface area contributed by atoms with E-state index < -0.39 is 32.7 Å². The molecule has 0 saturated carbocycles. The summed E-state index contributed by atoms with van der Waals surface area (Å²) in [5, 5.41) is 14.0. The lowest BCUT2D eigenvalue weighted by molar-refractivity contribution is -0.141. The maximum atomic E-state index is 12.8. The third-order valence-electron chi connectivity index (χ3n) is 4.20. The van der Waals surface area contributed by atoms with Crippen LogP contribution in [0, 0.1) is 0 Å². The average Bonchev–Trinajstić information content (AvgIpc) is 3.18. The smallest absolute Gasteiger partial charge is 0.326 e. The van der Waals surface area contributed by atoms with Crippen LogP contribution in [0.1, 0.15) is 16.8 Å². The average molecular weight is 454 g/mol. The number of nitrogens with zero attached hydrogens (tertiary/aromatic N) is 3. The summed E-state index contributed by atoms with van der Waals surface area (Å²) < 4.78 is 62.9. The molecule has 3 aromatic rings. The Morgan fingerprint density at radius 1 is 1.10 bits per heavy atom. The Morgan fingerprint density at radius 2 is 1.74 bits per heavy atom. The number of carbonyl (C=O) groups is 1. The zero-order valence-corrected chi connectivity index (χ0v) is 16.6. The van der Waals surface area contributed by atoms with E-state index in [4.69, 9.17) is 10.9 Å². The van der Waals surface area contributed by atoms with Crippen molar-refractivity contribution in [2.75, 3.05) is 5.32 Å². The van der Waals surface area contributed by atoms with Crippen LogP contribution in [0.4, 0.5) is 18.9 Å². The highest BCUT2D eigenvalue weighted by Crippen LogP contribution is 2.29. The number of nitrogens with one attached hydrogen (secondary N) is 1. The van der Waals surface area contributed by atoms with Crippen molar-refractivity contribution in [1.29, 1.82) is 0 Å². The molecule has 0 unspecified atom stereocenters. The van der Waals surface area contributed by atoms with Gasteiger partial charge < -0.3 is 11.1 Å². The lowest BCUT2D eigenvalue weighted by Crippen LogP contribution is -2.18. The Kier molecular flexibility index (Phi) is 6.10. The van der Waals surface area contributed by atoms with Crippen molar-refractivity contribution >= 4 is 21.6 Å². The minimum Gasteiger partial charge on any atom is -0.326 e. The Hall–Kier alpha value is -3.29. The molecule has 0 aliphatic heterocycles. The van der Waals surface area contributed by atoms with Gasteiger partial charge in [0.2, 0.25) is 15.9 Å². The second-order valence-electron chi connectivity index (χ2n) is 6.52. The molecule has 1 heterocycles. The number of halogens is 3. The normalized spacial score (nSPS) is 12.0. The molecule has 0 bridgehead atoms. The third kappa shape index (κ3) is 5.45. The topological polar surface area (TPSA) is 146 Å². The maximum absolute atomic E-state index is 12.8. The molecule has 31 heavy (non-hydrogen) atoms. The van der Waals surface area contributed by atoms with Crippen LogP contribution in [0.3, 0.4) is 0 Å². The van der Waals surface area contributed by atoms with Gasteiger partial charge in [0, 0.05) is 12.2 Å². The Bertz CT molecular complexity index is 1210. The molecule has 0 radical (unpaired) electrons. The second kappa shape index (κ2) is 8.45. The summed E-state index contributed by atoms with van der Waals surface area (Å²) in [5.74, 6) is -0.436. The number of sulfonamides is 1. The van der Waals surface area contributed by atoms with E-state index in [9.17, 15) is 26.4 Å². The van der Waals surface area contributed by atoms with Crippen molar-refractivity contribution in [3.63, 3.8) is 0 Å². The first-order chi connectivity index (χ1) is 14.5. The van der Waals surface area contributed by atoms with E-state index in [0.29, 0.717) is 23.0 Å². The van der Waals surface area contributed by atoms with E-state index in [1.54, 1.807) is 24.3 Å². The summed E-state index contributed by atoms with van der Waals surface area (Å²) >= 11 is 0. The summed E-state index contributed by atoms with van der Waals surface area (Å²) in [6, 6.07) is 10.6. The van der Waals surface area contributed by atoms with Crippen molar-refractivity contribution in [3.05, 3.63) is 65.5 Å². The fraction of sp³-hybridized carbons (Fsp3) is 0.167. The summed E-state index contributed by atoms with van der Waals surface area (Å²) in [4.78, 5) is 11.8. The molecule has 164 valence electrons. The third-order valence-corrected chi connectivity index (χ3v) is 5.14. The highest BCUT2D eigenvalue weighted by Gasteiger charge is 2.35. The SMILES string of the molecule is NCc1ccc(CC(=O)Nc2ccc(-n3cc(C(F)(F)F)nn3)c(S(N)(=O)=O)c2)cc1. The molecule has 5 N–H and O–H groups in total. The predicted octanol–water partition coefficient (Wildman–Crippen LogP) is 1.57. The molecular formula is C18H17F3N6O3S. The van der Waals surface area contributed by atoms with Gasteiger partial charge in [-0.1, -0.05) is 29.5 Å². The van der Waals surface area contributed by atoms with Gasteiger partial charge in [0.05, 0.1) is 18.3 Å². The molecule has 0 fully saturated rings. The fourth-order valence-corrected chi connectivity index (χ4v) is 3.45. The van der Waals surface area contributed by atoms with Crippen molar-refractivity contribution in [3.8, 4) is 5.69 Å². The summed E-state index contributed by atoms with van der Waals surface area (Å²) in [6.45, 7) is 0.366. The molecule has 1 amide bonds. The number of nitrogens with two attached hydrogens (primary N) is 2. The lowest BCUT2D eigenvalue weighted by atomic mass is 10.1. The number of amides is 1. The number of hydrogen-bond acceptors (Lipinski definition) is 6. The molecule has 13 heteroatoms. The number of anilines is 1.